The van der Waals surface area contributed by atoms with Crippen LogP contribution in [0.15, 0.2) is 111 Å². The summed E-state index contributed by atoms with van der Waals surface area (Å²) in [5, 5.41) is 7.85. The standard InChI is InChI=1S/C30H23BrN4O3/c1-20-9-5-7-13-25(20)33-28(36)19-38-27-16-15-23(31)17-22(27)18-32-35-29(21-10-3-2-4-11-21)34-26-14-8-6-12-24(26)30(35)37/h2-18H,19H2,1H3,(H,33,36). The van der Waals surface area contributed by atoms with Gasteiger partial charge in [0.15, 0.2) is 12.4 Å². The van der Waals surface area contributed by atoms with Crippen LogP contribution in [-0.2, 0) is 4.79 Å². The number of benzene rings is 4. The number of hydrogen-bond donors (Lipinski definition) is 1. The van der Waals surface area contributed by atoms with Gasteiger partial charge in [0.1, 0.15) is 5.75 Å². The largest absolute Gasteiger partial charge is 0.483 e. The van der Waals surface area contributed by atoms with E-state index in [1.807, 2.05) is 73.7 Å². The van der Waals surface area contributed by atoms with E-state index in [1.165, 1.54) is 10.9 Å². The van der Waals surface area contributed by atoms with Crippen LogP contribution < -0.4 is 15.6 Å². The first-order chi connectivity index (χ1) is 18.5. The van der Waals surface area contributed by atoms with Gasteiger partial charge in [-0.1, -0.05) is 76.6 Å². The van der Waals surface area contributed by atoms with Crippen molar-refractivity contribution in [3.63, 3.8) is 0 Å². The number of aryl methyl sites for hydroxylation is 1. The van der Waals surface area contributed by atoms with E-state index in [1.54, 1.807) is 30.3 Å². The lowest BCUT2D eigenvalue weighted by molar-refractivity contribution is -0.118. The Bertz CT molecular complexity index is 1710. The van der Waals surface area contributed by atoms with Crippen molar-refractivity contribution in [1.82, 2.24) is 9.66 Å². The van der Waals surface area contributed by atoms with Gasteiger partial charge >= 0.3 is 0 Å². The number of amides is 1. The van der Waals surface area contributed by atoms with Crippen LogP contribution in [0.3, 0.4) is 0 Å². The van der Waals surface area contributed by atoms with Crippen molar-refractivity contribution >= 4 is 44.6 Å². The molecule has 38 heavy (non-hydrogen) atoms. The quantitative estimate of drug-likeness (QED) is 0.243. The smallest absolute Gasteiger partial charge is 0.282 e. The van der Waals surface area contributed by atoms with Crippen molar-refractivity contribution in [3.8, 4) is 17.1 Å². The number of halogens is 1. The Morgan fingerprint density at radius 3 is 2.55 bits per heavy atom. The average Bonchev–Trinajstić information content (AvgIpc) is 2.93. The fourth-order valence-corrected chi connectivity index (χ4v) is 4.30. The zero-order valence-corrected chi connectivity index (χ0v) is 22.1. The second-order valence-electron chi connectivity index (χ2n) is 8.51. The van der Waals surface area contributed by atoms with Gasteiger partial charge in [-0.05, 0) is 48.9 Å². The lowest BCUT2D eigenvalue weighted by Gasteiger charge is -2.12. The van der Waals surface area contributed by atoms with Crippen LogP contribution in [0.1, 0.15) is 11.1 Å². The Morgan fingerprint density at radius 1 is 1.00 bits per heavy atom. The van der Waals surface area contributed by atoms with E-state index in [0.29, 0.717) is 28.0 Å². The number of carbonyl (C=O) groups excluding carboxylic acids is 1. The van der Waals surface area contributed by atoms with Gasteiger partial charge in [-0.25, -0.2) is 4.98 Å². The number of anilines is 1. The van der Waals surface area contributed by atoms with E-state index in [4.69, 9.17) is 9.72 Å². The molecule has 1 N–H and O–H groups in total. The predicted molar refractivity (Wildman–Crippen MR) is 154 cm³/mol. The van der Waals surface area contributed by atoms with Crippen molar-refractivity contribution in [2.24, 2.45) is 5.10 Å². The molecule has 8 heteroatoms. The van der Waals surface area contributed by atoms with Crippen molar-refractivity contribution in [3.05, 3.63) is 123 Å². The van der Waals surface area contributed by atoms with E-state index in [2.05, 4.69) is 26.3 Å². The minimum atomic E-state index is -0.291. The lowest BCUT2D eigenvalue weighted by Crippen LogP contribution is -2.21. The van der Waals surface area contributed by atoms with Gasteiger partial charge in [0.2, 0.25) is 0 Å². The van der Waals surface area contributed by atoms with Crippen molar-refractivity contribution in [2.75, 3.05) is 11.9 Å². The Morgan fingerprint density at radius 2 is 1.74 bits per heavy atom. The highest BCUT2D eigenvalue weighted by molar-refractivity contribution is 9.10. The van der Waals surface area contributed by atoms with Gasteiger partial charge in [-0.2, -0.15) is 9.78 Å². The molecule has 5 rings (SSSR count). The summed E-state index contributed by atoms with van der Waals surface area (Å²) in [5.41, 5.74) is 3.33. The molecule has 0 aliphatic heterocycles. The van der Waals surface area contributed by atoms with Crippen molar-refractivity contribution in [2.45, 2.75) is 6.92 Å². The number of aromatic nitrogens is 2. The summed E-state index contributed by atoms with van der Waals surface area (Å²) < 4.78 is 7.92. The summed E-state index contributed by atoms with van der Waals surface area (Å²) in [6.07, 6.45) is 1.53. The third-order valence-electron chi connectivity index (χ3n) is 5.85. The number of carbonyl (C=O) groups is 1. The highest BCUT2D eigenvalue weighted by Gasteiger charge is 2.13. The highest BCUT2D eigenvalue weighted by atomic mass is 79.9. The summed E-state index contributed by atoms with van der Waals surface area (Å²) in [4.78, 5) is 30.7. The van der Waals surface area contributed by atoms with Crippen LogP contribution in [-0.4, -0.2) is 28.4 Å². The molecule has 4 aromatic carbocycles. The minimum absolute atomic E-state index is 0.191. The van der Waals surface area contributed by atoms with E-state index in [-0.39, 0.29) is 18.1 Å². The Kier molecular flexibility index (Phi) is 7.42. The summed E-state index contributed by atoms with van der Waals surface area (Å²) in [7, 11) is 0. The molecule has 1 aromatic heterocycles. The molecule has 0 aliphatic carbocycles. The van der Waals surface area contributed by atoms with E-state index >= 15 is 0 Å². The first-order valence-electron chi connectivity index (χ1n) is 11.9. The van der Waals surface area contributed by atoms with Crippen LogP contribution in [0.4, 0.5) is 5.69 Å². The van der Waals surface area contributed by atoms with Gasteiger partial charge in [0.25, 0.3) is 11.5 Å². The molecule has 0 aliphatic rings. The third kappa shape index (κ3) is 5.55. The van der Waals surface area contributed by atoms with Gasteiger partial charge in [-0.15, -0.1) is 0 Å². The van der Waals surface area contributed by atoms with Crippen LogP contribution >= 0.6 is 15.9 Å². The molecular formula is C30H23BrN4O3. The molecule has 7 nitrogen and oxygen atoms in total. The maximum Gasteiger partial charge on any atom is 0.282 e. The molecular weight excluding hydrogens is 544 g/mol. The molecule has 0 fully saturated rings. The maximum atomic E-state index is 13.4. The zero-order valence-electron chi connectivity index (χ0n) is 20.5. The van der Waals surface area contributed by atoms with Crippen molar-refractivity contribution in [1.29, 1.82) is 0 Å². The highest BCUT2D eigenvalue weighted by Crippen LogP contribution is 2.23. The average molecular weight is 567 g/mol. The third-order valence-corrected chi connectivity index (χ3v) is 6.34. The first kappa shape index (κ1) is 25.1. The van der Waals surface area contributed by atoms with Gasteiger partial charge in [0.05, 0.1) is 17.1 Å². The Balaban J connectivity index is 1.47. The summed E-state index contributed by atoms with van der Waals surface area (Å²) in [5.74, 6) is 0.576. The second kappa shape index (κ2) is 11.2. The number of fused-ring (bicyclic) bond motifs is 1. The van der Waals surface area contributed by atoms with Gasteiger partial charge in [-0.3, -0.25) is 9.59 Å². The number of nitrogens with one attached hydrogen (secondary N) is 1. The van der Waals surface area contributed by atoms with Crippen molar-refractivity contribution < 1.29 is 9.53 Å². The molecule has 0 unspecified atom stereocenters. The minimum Gasteiger partial charge on any atom is -0.483 e. The molecule has 0 saturated carbocycles. The molecule has 0 radical (unpaired) electrons. The number of hydrogen-bond acceptors (Lipinski definition) is 5. The zero-order chi connectivity index (χ0) is 26.5. The fraction of sp³-hybridized carbons (Fsp3) is 0.0667. The molecule has 188 valence electrons. The number of para-hydroxylation sites is 2. The Labute approximate surface area is 227 Å². The maximum absolute atomic E-state index is 13.4. The van der Waals surface area contributed by atoms with E-state index < -0.39 is 0 Å². The van der Waals surface area contributed by atoms with Crippen LogP contribution in [0.5, 0.6) is 5.75 Å². The summed E-state index contributed by atoms with van der Waals surface area (Å²) >= 11 is 3.48. The predicted octanol–water partition coefficient (Wildman–Crippen LogP) is 6.03. The monoisotopic (exact) mass is 566 g/mol. The SMILES string of the molecule is Cc1ccccc1NC(=O)COc1ccc(Br)cc1C=Nn1c(-c2ccccc2)nc2ccccc2c1=O. The number of rotatable bonds is 7. The Hall–Kier alpha value is -4.56. The molecule has 0 bridgehead atoms. The lowest BCUT2D eigenvalue weighted by atomic mass is 10.2. The first-order valence-corrected chi connectivity index (χ1v) is 12.7. The molecule has 1 heterocycles. The normalized spacial score (nSPS) is 11.1. The van der Waals surface area contributed by atoms with E-state index in [0.717, 1.165) is 21.3 Å². The van der Waals surface area contributed by atoms with Crippen LogP contribution in [0, 0.1) is 6.92 Å². The van der Waals surface area contributed by atoms with E-state index in [9.17, 15) is 9.59 Å². The molecule has 0 atom stereocenters. The van der Waals surface area contributed by atoms with Gasteiger partial charge in [0, 0.05) is 21.3 Å². The summed E-state index contributed by atoms with van der Waals surface area (Å²) in [6, 6.07) is 29.5. The van der Waals surface area contributed by atoms with Crippen LogP contribution in [0.2, 0.25) is 0 Å². The number of ether oxygens (including phenoxy) is 1. The second-order valence-corrected chi connectivity index (χ2v) is 9.43. The molecule has 0 saturated heterocycles. The topological polar surface area (TPSA) is 85.6 Å². The van der Waals surface area contributed by atoms with Crippen LogP contribution in [0.25, 0.3) is 22.3 Å². The fourth-order valence-electron chi connectivity index (χ4n) is 3.92. The number of nitrogens with zero attached hydrogens (tertiary/aromatic N) is 3. The molecule has 0 spiro atoms. The van der Waals surface area contributed by atoms with Gasteiger partial charge < -0.3 is 10.1 Å². The summed E-state index contributed by atoms with van der Waals surface area (Å²) in [6.45, 7) is 1.73. The molecule has 5 aromatic rings. The molecule has 1 amide bonds.